The second-order valence-corrected chi connectivity index (χ2v) is 6.99. The van der Waals surface area contributed by atoms with Gasteiger partial charge in [0.15, 0.2) is 0 Å². The zero-order valence-electron chi connectivity index (χ0n) is 14.5. The van der Waals surface area contributed by atoms with E-state index >= 15 is 0 Å². The summed E-state index contributed by atoms with van der Waals surface area (Å²) in [5, 5.41) is 9.37. The Morgan fingerprint density at radius 2 is 1.79 bits per heavy atom. The Morgan fingerprint density at radius 3 is 2.29 bits per heavy atom. The Morgan fingerprint density at radius 1 is 1.17 bits per heavy atom. The van der Waals surface area contributed by atoms with Gasteiger partial charge < -0.3 is 14.6 Å². The molecule has 0 saturated carbocycles. The molecular formula is C19H26O5. The molecule has 0 aromatic heterocycles. The molecule has 1 aromatic rings. The molecule has 2 atom stereocenters. The molecule has 0 radical (unpaired) electrons. The number of aldehydes is 1. The van der Waals surface area contributed by atoms with Gasteiger partial charge in [0.05, 0.1) is 12.3 Å². The van der Waals surface area contributed by atoms with Gasteiger partial charge in [0.25, 0.3) is 0 Å². The number of benzene rings is 1. The monoisotopic (exact) mass is 334 g/mol. The van der Waals surface area contributed by atoms with E-state index in [9.17, 15) is 19.5 Å². The van der Waals surface area contributed by atoms with Crippen molar-refractivity contribution < 1.29 is 24.2 Å². The topological polar surface area (TPSA) is 80.7 Å². The summed E-state index contributed by atoms with van der Waals surface area (Å²) in [6.45, 7) is 5.30. The molecule has 0 aliphatic carbocycles. The first-order valence-corrected chi connectivity index (χ1v) is 8.15. The predicted molar refractivity (Wildman–Crippen MR) is 90.5 cm³/mol. The van der Waals surface area contributed by atoms with Crippen LogP contribution in [0.3, 0.4) is 0 Å². The van der Waals surface area contributed by atoms with Crippen LogP contribution < -0.4 is 0 Å². The minimum absolute atomic E-state index is 0.0154. The fourth-order valence-electron chi connectivity index (χ4n) is 2.44. The number of carbonyl (C=O) groups excluding carboxylic acids is 2. The first-order valence-electron chi connectivity index (χ1n) is 8.15. The number of rotatable bonds is 9. The largest absolute Gasteiger partial charge is 0.481 e. The first-order chi connectivity index (χ1) is 11.2. The first kappa shape index (κ1) is 19.9. The lowest BCUT2D eigenvalue weighted by atomic mass is 9.90. The van der Waals surface area contributed by atoms with Crippen LogP contribution in [0.1, 0.15) is 45.6 Å². The lowest BCUT2D eigenvalue weighted by molar-refractivity contribution is -0.156. The van der Waals surface area contributed by atoms with E-state index in [1.54, 1.807) is 20.8 Å². The fraction of sp³-hybridized carbons (Fsp3) is 0.526. The van der Waals surface area contributed by atoms with Gasteiger partial charge in [-0.05, 0) is 45.6 Å². The maximum atomic E-state index is 11.8. The van der Waals surface area contributed by atoms with E-state index in [0.29, 0.717) is 25.5 Å². The zero-order chi connectivity index (χ0) is 18.2. The van der Waals surface area contributed by atoms with E-state index in [1.165, 1.54) is 0 Å². The number of carbonyl (C=O) groups is 3. The van der Waals surface area contributed by atoms with Gasteiger partial charge in [-0.15, -0.1) is 0 Å². The van der Waals surface area contributed by atoms with Crippen LogP contribution in [0.5, 0.6) is 0 Å². The minimum atomic E-state index is -0.888. The van der Waals surface area contributed by atoms with E-state index in [1.807, 2.05) is 30.3 Å². The Kier molecular flexibility index (Phi) is 7.62. The van der Waals surface area contributed by atoms with Crippen LogP contribution >= 0.6 is 0 Å². The summed E-state index contributed by atoms with van der Waals surface area (Å²) < 4.78 is 5.21. The predicted octanol–water partition coefficient (Wildman–Crippen LogP) is 3.26. The van der Waals surface area contributed by atoms with Gasteiger partial charge in [0.1, 0.15) is 11.9 Å². The number of carboxylic acids is 1. The summed E-state index contributed by atoms with van der Waals surface area (Å²) in [7, 11) is 0. The molecule has 0 bridgehead atoms. The summed E-state index contributed by atoms with van der Waals surface area (Å²) in [6, 6.07) is 9.38. The molecular weight excluding hydrogens is 308 g/mol. The Balaban J connectivity index is 2.56. The summed E-state index contributed by atoms with van der Waals surface area (Å²) in [5.74, 6) is -2.42. The standard InChI is InChI=1S/C19H26O5/c1-19(2,3)24-17(21)12-15(13-20)9-10-16(18(22)23)11-14-7-5-4-6-8-14/h4-8,13,15-16H,9-12H2,1-3H3,(H,22,23). The quantitative estimate of drug-likeness (QED) is 0.554. The van der Waals surface area contributed by atoms with Crippen molar-refractivity contribution in [2.75, 3.05) is 0 Å². The number of esters is 1. The third kappa shape index (κ3) is 7.90. The average Bonchev–Trinajstić information content (AvgIpc) is 2.48. The van der Waals surface area contributed by atoms with Crippen molar-refractivity contribution in [3.05, 3.63) is 35.9 Å². The summed E-state index contributed by atoms with van der Waals surface area (Å²) >= 11 is 0. The molecule has 132 valence electrons. The molecule has 0 fully saturated rings. The molecule has 5 heteroatoms. The van der Waals surface area contributed by atoms with Crippen LogP contribution in [0.2, 0.25) is 0 Å². The Bertz CT molecular complexity index is 545. The molecule has 2 unspecified atom stereocenters. The third-order valence-corrected chi connectivity index (χ3v) is 3.60. The SMILES string of the molecule is CC(C)(C)OC(=O)CC(C=O)CCC(Cc1ccccc1)C(=O)O. The van der Waals surface area contributed by atoms with E-state index in [0.717, 1.165) is 5.56 Å². The van der Waals surface area contributed by atoms with Gasteiger partial charge in [0.2, 0.25) is 0 Å². The summed E-state index contributed by atoms with van der Waals surface area (Å²) in [5.41, 5.74) is 0.348. The van der Waals surface area contributed by atoms with Crippen molar-refractivity contribution >= 4 is 18.2 Å². The Labute approximate surface area is 143 Å². The van der Waals surface area contributed by atoms with Crippen LogP contribution in [0.4, 0.5) is 0 Å². The van der Waals surface area contributed by atoms with Crippen LogP contribution in [0, 0.1) is 11.8 Å². The van der Waals surface area contributed by atoms with Crippen molar-refractivity contribution in [3.8, 4) is 0 Å². The van der Waals surface area contributed by atoms with Crippen molar-refractivity contribution in [1.29, 1.82) is 0 Å². The third-order valence-electron chi connectivity index (χ3n) is 3.60. The van der Waals surface area contributed by atoms with Crippen LogP contribution in [0.25, 0.3) is 0 Å². The number of carboxylic acid groups (broad SMARTS) is 1. The van der Waals surface area contributed by atoms with Crippen molar-refractivity contribution in [2.24, 2.45) is 11.8 Å². The highest BCUT2D eigenvalue weighted by atomic mass is 16.6. The highest BCUT2D eigenvalue weighted by Gasteiger charge is 2.23. The normalized spacial score (nSPS) is 13.8. The maximum absolute atomic E-state index is 11.8. The smallest absolute Gasteiger partial charge is 0.307 e. The van der Waals surface area contributed by atoms with Gasteiger partial charge in [-0.25, -0.2) is 0 Å². The lowest BCUT2D eigenvalue weighted by Crippen LogP contribution is -2.26. The van der Waals surface area contributed by atoms with E-state index in [-0.39, 0.29) is 6.42 Å². The summed E-state index contributed by atoms with van der Waals surface area (Å²) in [4.78, 5) is 34.4. The van der Waals surface area contributed by atoms with Crippen molar-refractivity contribution in [1.82, 2.24) is 0 Å². The Hall–Kier alpha value is -2.17. The number of hydrogen-bond acceptors (Lipinski definition) is 4. The molecule has 0 spiro atoms. The van der Waals surface area contributed by atoms with E-state index in [2.05, 4.69) is 0 Å². The zero-order valence-corrected chi connectivity index (χ0v) is 14.5. The van der Waals surface area contributed by atoms with E-state index < -0.39 is 29.4 Å². The molecule has 0 aliphatic heterocycles. The second-order valence-electron chi connectivity index (χ2n) is 6.99. The average molecular weight is 334 g/mol. The lowest BCUT2D eigenvalue weighted by Gasteiger charge is -2.21. The molecule has 5 nitrogen and oxygen atoms in total. The van der Waals surface area contributed by atoms with Crippen LogP contribution in [-0.2, 0) is 25.5 Å². The maximum Gasteiger partial charge on any atom is 0.307 e. The number of aliphatic carboxylic acids is 1. The van der Waals surface area contributed by atoms with Crippen LogP contribution in [-0.4, -0.2) is 28.9 Å². The molecule has 0 heterocycles. The van der Waals surface area contributed by atoms with Gasteiger partial charge in [-0.3, -0.25) is 9.59 Å². The summed E-state index contributed by atoms with van der Waals surface area (Å²) in [6.07, 6.45) is 1.81. The molecule has 1 aromatic carbocycles. The van der Waals surface area contributed by atoms with Gasteiger partial charge in [-0.2, -0.15) is 0 Å². The van der Waals surface area contributed by atoms with Crippen molar-refractivity contribution in [3.63, 3.8) is 0 Å². The minimum Gasteiger partial charge on any atom is -0.481 e. The highest BCUT2D eigenvalue weighted by Crippen LogP contribution is 2.20. The van der Waals surface area contributed by atoms with Gasteiger partial charge >= 0.3 is 11.9 Å². The van der Waals surface area contributed by atoms with Crippen molar-refractivity contribution in [2.45, 2.75) is 52.1 Å². The molecule has 1 rings (SSSR count). The number of ether oxygens (including phenoxy) is 1. The highest BCUT2D eigenvalue weighted by molar-refractivity contribution is 5.74. The molecule has 0 saturated heterocycles. The van der Waals surface area contributed by atoms with Gasteiger partial charge in [-0.1, -0.05) is 30.3 Å². The fourth-order valence-corrected chi connectivity index (χ4v) is 2.44. The molecule has 0 aliphatic rings. The van der Waals surface area contributed by atoms with Crippen LogP contribution in [0.15, 0.2) is 30.3 Å². The molecule has 0 amide bonds. The van der Waals surface area contributed by atoms with Gasteiger partial charge in [0, 0.05) is 5.92 Å². The molecule has 24 heavy (non-hydrogen) atoms. The number of hydrogen-bond donors (Lipinski definition) is 1. The molecule has 1 N–H and O–H groups in total. The van der Waals surface area contributed by atoms with E-state index in [4.69, 9.17) is 4.74 Å². The second kappa shape index (κ2) is 9.21.